The Morgan fingerprint density at radius 1 is 1.40 bits per heavy atom. The maximum atomic E-state index is 11.8. The number of nitrogens with one attached hydrogen (secondary N) is 1. The number of amides is 1. The largest absolute Gasteiger partial charge is 0.482 e. The molecule has 1 unspecified atom stereocenters. The van der Waals surface area contributed by atoms with E-state index in [4.69, 9.17) is 9.84 Å². The van der Waals surface area contributed by atoms with Crippen LogP contribution in [0.25, 0.3) is 0 Å². The Hall–Kier alpha value is -2.04. The maximum Gasteiger partial charge on any atom is 0.341 e. The molecule has 0 saturated heterocycles. The number of benzene rings is 1. The van der Waals surface area contributed by atoms with Crippen molar-refractivity contribution in [3.05, 3.63) is 24.3 Å². The Bertz CT molecular complexity index is 459. The van der Waals surface area contributed by atoms with Gasteiger partial charge in [-0.05, 0) is 18.1 Å². The molecule has 5 heteroatoms. The first kappa shape index (κ1) is 16.0. The van der Waals surface area contributed by atoms with E-state index in [9.17, 15) is 9.59 Å². The van der Waals surface area contributed by atoms with Gasteiger partial charge in [-0.15, -0.1) is 0 Å². The fraction of sp³-hybridized carbons (Fsp3) is 0.467. The van der Waals surface area contributed by atoms with Crippen molar-refractivity contribution in [1.29, 1.82) is 0 Å². The first-order valence-electron chi connectivity index (χ1n) is 6.75. The highest BCUT2D eigenvalue weighted by atomic mass is 16.5. The minimum atomic E-state index is -1.03. The van der Waals surface area contributed by atoms with Crippen LogP contribution in [0.15, 0.2) is 24.3 Å². The van der Waals surface area contributed by atoms with Crippen LogP contribution in [-0.4, -0.2) is 23.6 Å². The van der Waals surface area contributed by atoms with Gasteiger partial charge in [0.05, 0.1) is 0 Å². The van der Waals surface area contributed by atoms with Gasteiger partial charge in [-0.1, -0.05) is 32.8 Å². The van der Waals surface area contributed by atoms with E-state index in [1.807, 2.05) is 0 Å². The minimum Gasteiger partial charge on any atom is -0.482 e. The Morgan fingerprint density at radius 2 is 2.15 bits per heavy atom. The number of rotatable bonds is 8. The molecule has 0 aliphatic heterocycles. The number of hydrogen-bond acceptors (Lipinski definition) is 3. The topological polar surface area (TPSA) is 75.6 Å². The van der Waals surface area contributed by atoms with Crippen molar-refractivity contribution < 1.29 is 19.4 Å². The first-order valence-corrected chi connectivity index (χ1v) is 6.75. The second kappa shape index (κ2) is 8.19. The Kier molecular flexibility index (Phi) is 6.56. The zero-order valence-corrected chi connectivity index (χ0v) is 11.9. The highest BCUT2D eigenvalue weighted by molar-refractivity contribution is 5.91. The van der Waals surface area contributed by atoms with Gasteiger partial charge in [0.1, 0.15) is 5.75 Å². The molecule has 1 aromatic carbocycles. The van der Waals surface area contributed by atoms with Gasteiger partial charge in [-0.3, -0.25) is 4.79 Å². The first-order chi connectivity index (χ1) is 9.51. The van der Waals surface area contributed by atoms with Gasteiger partial charge in [0.15, 0.2) is 6.61 Å². The van der Waals surface area contributed by atoms with E-state index < -0.39 is 12.6 Å². The molecule has 0 aliphatic rings. The number of carboxylic acid groups (broad SMARTS) is 1. The van der Waals surface area contributed by atoms with Crippen LogP contribution < -0.4 is 10.1 Å². The lowest BCUT2D eigenvalue weighted by molar-refractivity contribution is -0.139. The van der Waals surface area contributed by atoms with E-state index in [1.165, 1.54) is 0 Å². The van der Waals surface area contributed by atoms with Gasteiger partial charge >= 0.3 is 5.97 Å². The van der Waals surface area contributed by atoms with Crippen LogP contribution in [0.4, 0.5) is 5.69 Å². The van der Waals surface area contributed by atoms with Gasteiger partial charge in [0.25, 0.3) is 0 Å². The molecular weight excluding hydrogens is 258 g/mol. The fourth-order valence-corrected chi connectivity index (χ4v) is 1.93. The molecule has 0 fully saturated rings. The lowest BCUT2D eigenvalue weighted by Gasteiger charge is -2.11. The molecule has 20 heavy (non-hydrogen) atoms. The molecule has 0 spiro atoms. The summed E-state index contributed by atoms with van der Waals surface area (Å²) in [6.07, 6.45) is 2.57. The lowest BCUT2D eigenvalue weighted by atomic mass is 10.0. The molecule has 0 heterocycles. The van der Waals surface area contributed by atoms with E-state index >= 15 is 0 Å². The van der Waals surface area contributed by atoms with Crippen molar-refractivity contribution in [2.24, 2.45) is 5.92 Å². The molecule has 1 rings (SSSR count). The standard InChI is InChI=1S/C15H21NO4/c1-3-5-11(2)8-14(17)16-12-6-4-7-13(9-12)20-10-15(18)19/h4,6-7,9,11H,3,5,8,10H2,1-2H3,(H,16,17)(H,18,19). The predicted molar refractivity (Wildman–Crippen MR) is 76.9 cm³/mol. The SMILES string of the molecule is CCCC(C)CC(=O)Nc1cccc(OCC(=O)O)c1. The number of ether oxygens (including phenoxy) is 1. The van der Waals surface area contributed by atoms with Crippen LogP contribution in [0.1, 0.15) is 33.1 Å². The van der Waals surface area contributed by atoms with Crippen molar-refractivity contribution in [2.75, 3.05) is 11.9 Å². The fourth-order valence-electron chi connectivity index (χ4n) is 1.93. The van der Waals surface area contributed by atoms with Crippen LogP contribution in [-0.2, 0) is 9.59 Å². The zero-order valence-electron chi connectivity index (χ0n) is 11.9. The van der Waals surface area contributed by atoms with Gasteiger partial charge < -0.3 is 15.2 Å². The molecule has 2 N–H and O–H groups in total. The molecule has 0 bridgehead atoms. The Labute approximate surface area is 118 Å². The average Bonchev–Trinajstić information content (AvgIpc) is 2.36. The quantitative estimate of drug-likeness (QED) is 0.767. The smallest absolute Gasteiger partial charge is 0.341 e. The Morgan fingerprint density at radius 3 is 2.80 bits per heavy atom. The van der Waals surface area contributed by atoms with Crippen molar-refractivity contribution in [3.63, 3.8) is 0 Å². The summed E-state index contributed by atoms with van der Waals surface area (Å²) in [7, 11) is 0. The van der Waals surface area contributed by atoms with E-state index in [-0.39, 0.29) is 5.91 Å². The molecule has 110 valence electrons. The third kappa shape index (κ3) is 6.22. The van der Waals surface area contributed by atoms with Crippen LogP contribution in [0.5, 0.6) is 5.75 Å². The molecule has 0 aliphatic carbocycles. The Balaban J connectivity index is 2.52. The number of hydrogen-bond donors (Lipinski definition) is 2. The third-order valence-electron chi connectivity index (χ3n) is 2.80. The molecule has 0 aromatic heterocycles. The van der Waals surface area contributed by atoms with E-state index in [1.54, 1.807) is 24.3 Å². The minimum absolute atomic E-state index is 0.0404. The monoisotopic (exact) mass is 279 g/mol. The molecular formula is C15H21NO4. The summed E-state index contributed by atoms with van der Waals surface area (Å²) in [5.41, 5.74) is 0.613. The highest BCUT2D eigenvalue weighted by Crippen LogP contribution is 2.18. The lowest BCUT2D eigenvalue weighted by Crippen LogP contribution is -2.15. The maximum absolute atomic E-state index is 11.8. The summed E-state index contributed by atoms with van der Waals surface area (Å²) in [6, 6.07) is 6.72. The highest BCUT2D eigenvalue weighted by Gasteiger charge is 2.09. The van der Waals surface area contributed by atoms with Gasteiger partial charge in [-0.2, -0.15) is 0 Å². The van der Waals surface area contributed by atoms with E-state index in [2.05, 4.69) is 19.2 Å². The number of carbonyl (C=O) groups is 2. The number of carboxylic acids is 1. The summed E-state index contributed by atoms with van der Waals surface area (Å²) < 4.78 is 5.06. The van der Waals surface area contributed by atoms with Crippen LogP contribution in [0, 0.1) is 5.92 Å². The second-order valence-electron chi connectivity index (χ2n) is 4.86. The molecule has 0 radical (unpaired) electrons. The van der Waals surface area contributed by atoms with Gasteiger partial charge in [0.2, 0.25) is 5.91 Å². The average molecular weight is 279 g/mol. The van der Waals surface area contributed by atoms with Crippen LogP contribution in [0.2, 0.25) is 0 Å². The van der Waals surface area contributed by atoms with Crippen molar-refractivity contribution in [1.82, 2.24) is 0 Å². The number of carbonyl (C=O) groups excluding carboxylic acids is 1. The molecule has 1 atom stereocenters. The van der Waals surface area contributed by atoms with E-state index in [0.29, 0.717) is 23.8 Å². The second-order valence-corrected chi connectivity index (χ2v) is 4.86. The van der Waals surface area contributed by atoms with Crippen molar-refractivity contribution in [2.45, 2.75) is 33.1 Å². The summed E-state index contributed by atoms with van der Waals surface area (Å²) >= 11 is 0. The molecule has 1 aromatic rings. The summed E-state index contributed by atoms with van der Waals surface area (Å²) in [6.45, 7) is 3.75. The summed E-state index contributed by atoms with van der Waals surface area (Å²) in [5.74, 6) is -0.299. The number of anilines is 1. The van der Waals surface area contributed by atoms with E-state index in [0.717, 1.165) is 12.8 Å². The third-order valence-corrected chi connectivity index (χ3v) is 2.80. The van der Waals surface area contributed by atoms with Crippen LogP contribution >= 0.6 is 0 Å². The van der Waals surface area contributed by atoms with Crippen molar-refractivity contribution >= 4 is 17.6 Å². The zero-order chi connectivity index (χ0) is 15.0. The molecule has 5 nitrogen and oxygen atoms in total. The molecule has 0 saturated carbocycles. The van der Waals surface area contributed by atoms with Crippen molar-refractivity contribution in [3.8, 4) is 5.75 Å². The summed E-state index contributed by atoms with van der Waals surface area (Å²) in [4.78, 5) is 22.3. The van der Waals surface area contributed by atoms with Gasteiger partial charge in [-0.25, -0.2) is 4.79 Å². The summed E-state index contributed by atoms with van der Waals surface area (Å²) in [5, 5.41) is 11.3. The molecule has 1 amide bonds. The normalized spacial score (nSPS) is 11.7. The predicted octanol–water partition coefficient (Wildman–Crippen LogP) is 2.91. The van der Waals surface area contributed by atoms with Crippen LogP contribution in [0.3, 0.4) is 0 Å². The van der Waals surface area contributed by atoms with Gasteiger partial charge in [0, 0.05) is 18.2 Å². The number of aliphatic carboxylic acids is 1.